The minimum atomic E-state index is -0.893. The highest BCUT2D eigenvalue weighted by Crippen LogP contribution is 2.23. The molecule has 0 atom stereocenters. The van der Waals surface area contributed by atoms with Gasteiger partial charge in [0, 0.05) is 13.1 Å². The maximum absolute atomic E-state index is 11.0. The third kappa shape index (κ3) is 4.36. The zero-order valence-corrected chi connectivity index (χ0v) is 11.8. The van der Waals surface area contributed by atoms with Crippen LogP contribution in [0.2, 0.25) is 0 Å². The molecule has 0 radical (unpaired) electrons. The van der Waals surface area contributed by atoms with Crippen molar-refractivity contribution >= 4 is 11.8 Å². The van der Waals surface area contributed by atoms with Gasteiger partial charge in [-0.1, -0.05) is 0 Å². The van der Waals surface area contributed by atoms with Gasteiger partial charge >= 0.3 is 5.97 Å². The lowest BCUT2D eigenvalue weighted by Gasteiger charge is -2.25. The quantitative estimate of drug-likeness (QED) is 0.759. The number of carboxylic acids is 1. The van der Waals surface area contributed by atoms with Crippen molar-refractivity contribution in [2.24, 2.45) is 0 Å². The average molecular weight is 268 g/mol. The molecule has 7 heteroatoms. The van der Waals surface area contributed by atoms with Gasteiger partial charge in [-0.25, -0.2) is 9.97 Å². The molecule has 0 spiro atoms. The maximum Gasteiger partial charge on any atom is 0.323 e. The summed E-state index contributed by atoms with van der Waals surface area (Å²) in [6.07, 6.45) is 1.38. The normalized spacial score (nSPS) is 10.6. The molecule has 106 valence electrons. The van der Waals surface area contributed by atoms with Crippen LogP contribution in [-0.2, 0) is 4.79 Å². The Balaban J connectivity index is 2.99. The summed E-state index contributed by atoms with van der Waals surface area (Å²) in [5, 5.41) is 9.00. The van der Waals surface area contributed by atoms with Gasteiger partial charge in [-0.05, 0) is 21.0 Å². The first-order valence-electron chi connectivity index (χ1n) is 5.92. The molecule has 0 unspecified atom stereocenters. The van der Waals surface area contributed by atoms with Crippen molar-refractivity contribution in [3.63, 3.8) is 0 Å². The molecule has 0 saturated carbocycles. The van der Waals surface area contributed by atoms with Crippen molar-refractivity contribution in [2.75, 3.05) is 45.7 Å². The van der Waals surface area contributed by atoms with Gasteiger partial charge in [0.05, 0.1) is 12.7 Å². The lowest BCUT2D eigenvalue weighted by Crippen LogP contribution is -2.36. The van der Waals surface area contributed by atoms with Crippen LogP contribution < -0.4 is 9.64 Å². The number of aliphatic carboxylic acids is 1. The Morgan fingerprint density at radius 1 is 1.37 bits per heavy atom. The fraction of sp³-hybridized carbons (Fsp3) is 0.583. The molecule has 1 rings (SSSR count). The molecular weight excluding hydrogens is 248 g/mol. The largest absolute Gasteiger partial charge is 0.481 e. The molecule has 0 fully saturated rings. The van der Waals surface area contributed by atoms with Gasteiger partial charge in [-0.3, -0.25) is 4.79 Å². The first kappa shape index (κ1) is 15.2. The molecule has 1 heterocycles. The fourth-order valence-corrected chi connectivity index (χ4v) is 1.69. The summed E-state index contributed by atoms with van der Waals surface area (Å²) in [6.45, 7) is 3.02. The molecule has 1 aromatic rings. The molecule has 0 saturated heterocycles. The first-order chi connectivity index (χ1) is 8.95. The summed E-state index contributed by atoms with van der Waals surface area (Å²) in [4.78, 5) is 22.8. The number of likely N-dealkylation sites (N-methyl/N-ethyl adjacent to an activating group) is 1. The summed E-state index contributed by atoms with van der Waals surface area (Å²) in [7, 11) is 5.40. The number of hydrogen-bond donors (Lipinski definition) is 1. The zero-order valence-electron chi connectivity index (χ0n) is 11.8. The van der Waals surface area contributed by atoms with E-state index in [1.54, 1.807) is 4.90 Å². The third-order valence-corrected chi connectivity index (χ3v) is 2.65. The van der Waals surface area contributed by atoms with Gasteiger partial charge in [0.15, 0.2) is 0 Å². The van der Waals surface area contributed by atoms with Gasteiger partial charge in [0.2, 0.25) is 5.88 Å². The smallest absolute Gasteiger partial charge is 0.323 e. The van der Waals surface area contributed by atoms with Gasteiger partial charge in [-0.15, -0.1) is 0 Å². The van der Waals surface area contributed by atoms with Crippen molar-refractivity contribution < 1.29 is 14.6 Å². The van der Waals surface area contributed by atoms with Crippen molar-refractivity contribution in [1.29, 1.82) is 0 Å². The third-order valence-electron chi connectivity index (χ3n) is 2.65. The molecule has 7 nitrogen and oxygen atoms in total. The highest BCUT2D eigenvalue weighted by atomic mass is 16.5. The Morgan fingerprint density at radius 2 is 2.05 bits per heavy atom. The molecule has 0 aromatic carbocycles. The van der Waals surface area contributed by atoms with E-state index in [1.807, 2.05) is 25.9 Å². The monoisotopic (exact) mass is 268 g/mol. The minimum Gasteiger partial charge on any atom is -0.481 e. The van der Waals surface area contributed by atoms with Crippen LogP contribution in [0.4, 0.5) is 5.82 Å². The summed E-state index contributed by atoms with van der Waals surface area (Å²) in [6, 6.07) is 0. The van der Waals surface area contributed by atoms with E-state index in [0.29, 0.717) is 18.2 Å². The van der Waals surface area contributed by atoms with Crippen LogP contribution in [0.15, 0.2) is 6.33 Å². The first-order valence-corrected chi connectivity index (χ1v) is 5.92. The second-order valence-corrected chi connectivity index (χ2v) is 4.45. The van der Waals surface area contributed by atoms with E-state index in [1.165, 1.54) is 13.4 Å². The van der Waals surface area contributed by atoms with Crippen LogP contribution in [0.25, 0.3) is 0 Å². The molecule has 1 N–H and O–H groups in total. The van der Waals surface area contributed by atoms with Crippen LogP contribution in [0.5, 0.6) is 5.88 Å². The zero-order chi connectivity index (χ0) is 14.4. The van der Waals surface area contributed by atoms with Crippen molar-refractivity contribution in [3.05, 3.63) is 11.9 Å². The Hall–Kier alpha value is -1.89. The number of anilines is 1. The van der Waals surface area contributed by atoms with E-state index in [2.05, 4.69) is 9.97 Å². The van der Waals surface area contributed by atoms with E-state index >= 15 is 0 Å². The van der Waals surface area contributed by atoms with Gasteiger partial charge in [0.25, 0.3) is 0 Å². The SMILES string of the molecule is COc1ncnc(N(CCN(C)C)CC(=O)O)c1C. The van der Waals surface area contributed by atoms with Crippen molar-refractivity contribution in [2.45, 2.75) is 6.92 Å². The molecule has 1 aromatic heterocycles. The highest BCUT2D eigenvalue weighted by molar-refractivity contribution is 5.73. The second-order valence-electron chi connectivity index (χ2n) is 4.45. The van der Waals surface area contributed by atoms with E-state index in [9.17, 15) is 4.79 Å². The molecule has 0 bridgehead atoms. The summed E-state index contributed by atoms with van der Waals surface area (Å²) in [5.74, 6) is 0.164. The van der Waals surface area contributed by atoms with Crippen LogP contribution in [0.3, 0.4) is 0 Å². The number of hydrogen-bond acceptors (Lipinski definition) is 6. The Morgan fingerprint density at radius 3 is 2.58 bits per heavy atom. The van der Waals surface area contributed by atoms with E-state index < -0.39 is 5.97 Å². The van der Waals surface area contributed by atoms with Crippen LogP contribution >= 0.6 is 0 Å². The van der Waals surface area contributed by atoms with E-state index in [4.69, 9.17) is 9.84 Å². The van der Waals surface area contributed by atoms with Crippen molar-refractivity contribution in [1.82, 2.24) is 14.9 Å². The summed E-state index contributed by atoms with van der Waals surface area (Å²) >= 11 is 0. The Kier molecular flexibility index (Phi) is 5.50. The molecule has 19 heavy (non-hydrogen) atoms. The number of carbonyl (C=O) groups is 1. The summed E-state index contributed by atoms with van der Waals surface area (Å²) in [5.41, 5.74) is 0.741. The summed E-state index contributed by atoms with van der Waals surface area (Å²) < 4.78 is 5.13. The molecule has 0 amide bonds. The van der Waals surface area contributed by atoms with E-state index in [0.717, 1.165) is 12.1 Å². The van der Waals surface area contributed by atoms with Crippen LogP contribution in [-0.4, -0.2) is 66.8 Å². The molecule has 0 aliphatic carbocycles. The van der Waals surface area contributed by atoms with Gasteiger partial charge in [-0.2, -0.15) is 0 Å². The van der Waals surface area contributed by atoms with E-state index in [-0.39, 0.29) is 6.54 Å². The topological polar surface area (TPSA) is 78.8 Å². The number of methoxy groups -OCH3 is 1. The Bertz CT molecular complexity index is 437. The lowest BCUT2D eigenvalue weighted by atomic mass is 10.3. The maximum atomic E-state index is 11.0. The number of rotatable bonds is 7. The predicted molar refractivity (Wildman–Crippen MR) is 71.7 cm³/mol. The van der Waals surface area contributed by atoms with Crippen LogP contribution in [0.1, 0.15) is 5.56 Å². The Labute approximate surface area is 112 Å². The number of carboxylic acid groups (broad SMARTS) is 1. The number of ether oxygens (including phenoxy) is 1. The molecule has 0 aliphatic heterocycles. The molecule has 0 aliphatic rings. The van der Waals surface area contributed by atoms with Crippen molar-refractivity contribution in [3.8, 4) is 5.88 Å². The predicted octanol–water partition coefficient (Wildman–Crippen LogP) is 0.246. The second kappa shape index (κ2) is 6.89. The number of nitrogens with zero attached hydrogens (tertiary/aromatic N) is 4. The van der Waals surface area contributed by atoms with Gasteiger partial charge < -0.3 is 19.6 Å². The standard InChI is InChI=1S/C12H20N4O3/c1-9-11(13-8-14-12(9)19-4)16(7-10(17)18)6-5-15(2)3/h8H,5-7H2,1-4H3,(H,17,18). The average Bonchev–Trinajstić information content (AvgIpc) is 2.34. The molecular formula is C12H20N4O3. The van der Waals surface area contributed by atoms with Crippen LogP contribution in [0, 0.1) is 6.92 Å². The number of aromatic nitrogens is 2. The minimum absolute atomic E-state index is 0.102. The highest BCUT2D eigenvalue weighted by Gasteiger charge is 2.17. The fourth-order valence-electron chi connectivity index (χ4n) is 1.69. The lowest BCUT2D eigenvalue weighted by molar-refractivity contribution is -0.135. The van der Waals surface area contributed by atoms with Gasteiger partial charge in [0.1, 0.15) is 18.7 Å².